The van der Waals surface area contributed by atoms with Crippen molar-refractivity contribution in [2.75, 3.05) is 5.75 Å². The third kappa shape index (κ3) is 3.67. The van der Waals surface area contributed by atoms with E-state index in [1.807, 2.05) is 0 Å². The van der Waals surface area contributed by atoms with E-state index in [0.717, 1.165) is 16.5 Å². The van der Waals surface area contributed by atoms with Crippen LogP contribution in [0.2, 0.25) is 0 Å². The zero-order chi connectivity index (χ0) is 14.5. The van der Waals surface area contributed by atoms with Gasteiger partial charge in [-0.15, -0.1) is 5.10 Å². The summed E-state index contributed by atoms with van der Waals surface area (Å²) in [5.74, 6) is 0.739. The average molecular weight is 311 g/mol. The molecule has 0 bridgehead atoms. The lowest BCUT2D eigenvalue weighted by Crippen LogP contribution is -2.17. The van der Waals surface area contributed by atoms with Crippen molar-refractivity contribution in [3.05, 3.63) is 22.1 Å². The average Bonchev–Trinajstić information content (AvgIpc) is 2.79. The highest BCUT2D eigenvalue weighted by molar-refractivity contribution is 8.01. The van der Waals surface area contributed by atoms with E-state index in [1.165, 1.54) is 48.2 Å². The fourth-order valence-corrected chi connectivity index (χ4v) is 3.73. The molecule has 0 fully saturated rings. The molecule has 108 valence electrons. The number of aromatic nitrogens is 3. The van der Waals surface area contributed by atoms with Gasteiger partial charge in [0.1, 0.15) is 5.56 Å². The maximum Gasteiger partial charge on any atom is 0.284 e. The summed E-state index contributed by atoms with van der Waals surface area (Å²) in [6.45, 7) is 3.55. The molecular formula is C13H17N3O2S2. The molecule has 2 rings (SSSR count). The highest BCUT2D eigenvalue weighted by Gasteiger charge is 2.11. The molecule has 0 N–H and O–H groups in total. The molecule has 0 amide bonds. The Hall–Kier alpha value is -1.21. The first-order chi connectivity index (χ1) is 9.61. The van der Waals surface area contributed by atoms with Crippen molar-refractivity contribution >= 4 is 33.8 Å². The molecule has 0 aliphatic heterocycles. The van der Waals surface area contributed by atoms with Gasteiger partial charge in [0.05, 0.1) is 0 Å². The Morgan fingerprint density at radius 1 is 1.40 bits per heavy atom. The number of nitrogens with zero attached hydrogens (tertiary/aromatic N) is 3. The quantitative estimate of drug-likeness (QED) is 0.447. The predicted molar refractivity (Wildman–Crippen MR) is 82.0 cm³/mol. The maximum atomic E-state index is 11.6. The van der Waals surface area contributed by atoms with E-state index in [1.54, 1.807) is 11.8 Å². The Kier molecular flexibility index (Phi) is 5.31. The van der Waals surface area contributed by atoms with E-state index in [0.29, 0.717) is 4.96 Å². The summed E-state index contributed by atoms with van der Waals surface area (Å²) in [5.41, 5.74) is -0.382. The van der Waals surface area contributed by atoms with Gasteiger partial charge in [0.25, 0.3) is 5.56 Å². The molecule has 0 aromatic carbocycles. The van der Waals surface area contributed by atoms with Crippen LogP contribution in [0.3, 0.4) is 0 Å². The molecule has 0 aliphatic carbocycles. The summed E-state index contributed by atoms with van der Waals surface area (Å²) < 4.78 is 2.41. The topological polar surface area (TPSA) is 64.3 Å². The number of ketones is 1. The molecule has 0 saturated carbocycles. The summed E-state index contributed by atoms with van der Waals surface area (Å²) in [6, 6.07) is 0. The number of unbranched alkanes of at least 4 members (excludes halogenated alkanes) is 3. The van der Waals surface area contributed by atoms with Crippen molar-refractivity contribution in [3.8, 4) is 0 Å². The van der Waals surface area contributed by atoms with Crippen LogP contribution in [0, 0.1) is 0 Å². The summed E-state index contributed by atoms with van der Waals surface area (Å²) >= 11 is 3.06. The minimum Gasteiger partial charge on any atom is -0.294 e. The maximum absolute atomic E-state index is 11.6. The van der Waals surface area contributed by atoms with E-state index in [9.17, 15) is 9.59 Å². The van der Waals surface area contributed by atoms with Crippen LogP contribution >= 0.6 is 23.1 Å². The minimum absolute atomic E-state index is 0.0901. The molecule has 0 aliphatic rings. The molecule has 2 heterocycles. The summed E-state index contributed by atoms with van der Waals surface area (Å²) in [6.07, 6.45) is 6.37. The standard InChI is InChI=1S/C13H17N3O2S2/c1-3-4-5-6-7-19-13-15-16-8-10(9(2)17)11(18)14-12(16)20-13/h8H,3-7H2,1-2H3. The predicted octanol–water partition coefficient (Wildman–Crippen LogP) is 3.03. The number of hydrogen-bond donors (Lipinski definition) is 0. The lowest BCUT2D eigenvalue weighted by atomic mass is 10.2. The van der Waals surface area contributed by atoms with E-state index >= 15 is 0 Å². The van der Waals surface area contributed by atoms with Gasteiger partial charge in [0.15, 0.2) is 10.1 Å². The first kappa shape index (κ1) is 15.2. The zero-order valence-corrected chi connectivity index (χ0v) is 13.2. The van der Waals surface area contributed by atoms with Crippen LogP contribution in [-0.4, -0.2) is 26.1 Å². The van der Waals surface area contributed by atoms with E-state index in [2.05, 4.69) is 17.0 Å². The number of fused-ring (bicyclic) bond motifs is 1. The zero-order valence-electron chi connectivity index (χ0n) is 11.6. The molecule has 0 radical (unpaired) electrons. The smallest absolute Gasteiger partial charge is 0.284 e. The molecule has 7 heteroatoms. The van der Waals surface area contributed by atoms with Gasteiger partial charge in [0, 0.05) is 11.9 Å². The third-order valence-corrected chi connectivity index (χ3v) is 4.99. The van der Waals surface area contributed by atoms with Gasteiger partial charge in [-0.2, -0.15) is 4.98 Å². The number of hydrogen-bond acceptors (Lipinski definition) is 6. The van der Waals surface area contributed by atoms with Crippen molar-refractivity contribution in [1.82, 2.24) is 14.6 Å². The SMILES string of the molecule is CCCCCCSc1nn2cc(C(C)=O)c(=O)nc2s1. The molecule has 0 atom stereocenters. The van der Waals surface area contributed by atoms with Crippen LogP contribution in [0.5, 0.6) is 0 Å². The Morgan fingerprint density at radius 2 is 2.20 bits per heavy atom. The number of carbonyl (C=O) groups is 1. The van der Waals surface area contributed by atoms with Gasteiger partial charge in [0.2, 0.25) is 4.96 Å². The minimum atomic E-state index is -0.472. The molecular weight excluding hydrogens is 294 g/mol. The monoisotopic (exact) mass is 311 g/mol. The van der Waals surface area contributed by atoms with Crippen molar-refractivity contribution in [3.63, 3.8) is 0 Å². The summed E-state index contributed by atoms with van der Waals surface area (Å²) in [4.78, 5) is 27.4. The second-order valence-corrected chi connectivity index (χ2v) is 6.82. The molecule has 20 heavy (non-hydrogen) atoms. The Morgan fingerprint density at radius 3 is 2.90 bits per heavy atom. The van der Waals surface area contributed by atoms with Gasteiger partial charge < -0.3 is 0 Å². The summed E-state index contributed by atoms with van der Waals surface area (Å²) in [5, 5.41) is 4.36. The van der Waals surface area contributed by atoms with E-state index < -0.39 is 5.56 Å². The highest BCUT2D eigenvalue weighted by atomic mass is 32.2. The fraction of sp³-hybridized carbons (Fsp3) is 0.538. The third-order valence-electron chi connectivity index (χ3n) is 2.85. The number of rotatable bonds is 7. The van der Waals surface area contributed by atoms with Crippen LogP contribution in [-0.2, 0) is 0 Å². The van der Waals surface area contributed by atoms with Crippen LogP contribution < -0.4 is 5.56 Å². The first-order valence-corrected chi connectivity index (χ1v) is 8.46. The van der Waals surface area contributed by atoms with Crippen molar-refractivity contribution in [1.29, 1.82) is 0 Å². The van der Waals surface area contributed by atoms with Gasteiger partial charge in [-0.05, 0) is 13.3 Å². The van der Waals surface area contributed by atoms with Crippen molar-refractivity contribution < 1.29 is 4.79 Å². The van der Waals surface area contributed by atoms with Gasteiger partial charge in [-0.3, -0.25) is 9.59 Å². The molecule has 0 spiro atoms. The lowest BCUT2D eigenvalue weighted by Gasteiger charge is -1.96. The molecule has 2 aromatic rings. The van der Waals surface area contributed by atoms with E-state index in [4.69, 9.17) is 0 Å². The second kappa shape index (κ2) is 6.99. The lowest BCUT2D eigenvalue weighted by molar-refractivity contribution is 0.101. The normalized spacial score (nSPS) is 11.1. The Bertz CT molecular complexity index is 663. The Balaban J connectivity index is 2.09. The van der Waals surface area contributed by atoms with Gasteiger partial charge in [-0.1, -0.05) is 49.3 Å². The second-order valence-electron chi connectivity index (χ2n) is 4.52. The van der Waals surface area contributed by atoms with E-state index in [-0.39, 0.29) is 11.3 Å². The van der Waals surface area contributed by atoms with Gasteiger partial charge in [-0.25, -0.2) is 4.52 Å². The van der Waals surface area contributed by atoms with Crippen LogP contribution in [0.25, 0.3) is 4.96 Å². The Labute approximate surface area is 125 Å². The summed E-state index contributed by atoms with van der Waals surface area (Å²) in [7, 11) is 0. The van der Waals surface area contributed by atoms with Crippen molar-refractivity contribution in [2.24, 2.45) is 0 Å². The largest absolute Gasteiger partial charge is 0.294 e. The molecule has 5 nitrogen and oxygen atoms in total. The van der Waals surface area contributed by atoms with Gasteiger partial charge >= 0.3 is 0 Å². The number of carbonyl (C=O) groups excluding carboxylic acids is 1. The number of thioether (sulfide) groups is 1. The number of Topliss-reactive ketones (excluding diaryl/α,β-unsaturated/α-hetero) is 1. The molecule has 2 aromatic heterocycles. The van der Waals surface area contributed by atoms with Crippen LogP contribution in [0.1, 0.15) is 49.9 Å². The fourth-order valence-electron chi connectivity index (χ4n) is 1.75. The molecule has 0 unspecified atom stereocenters. The first-order valence-electron chi connectivity index (χ1n) is 6.66. The van der Waals surface area contributed by atoms with Crippen LogP contribution in [0.4, 0.5) is 0 Å². The van der Waals surface area contributed by atoms with Crippen LogP contribution in [0.15, 0.2) is 15.3 Å². The molecule has 0 saturated heterocycles. The highest BCUT2D eigenvalue weighted by Crippen LogP contribution is 2.24. The van der Waals surface area contributed by atoms with Crippen molar-refractivity contribution in [2.45, 2.75) is 43.9 Å².